The van der Waals surface area contributed by atoms with Crippen molar-refractivity contribution in [2.75, 3.05) is 0 Å². The normalized spacial score (nSPS) is 11.6. The van der Waals surface area contributed by atoms with Crippen molar-refractivity contribution in [2.45, 2.75) is 84.0 Å². The van der Waals surface area contributed by atoms with Crippen molar-refractivity contribution < 1.29 is 4.79 Å². The van der Waals surface area contributed by atoms with Gasteiger partial charge in [0.2, 0.25) is 0 Å². The van der Waals surface area contributed by atoms with Crippen molar-refractivity contribution in [2.24, 2.45) is 0 Å². The maximum atomic E-state index is 10.1. The lowest BCUT2D eigenvalue weighted by molar-refractivity contribution is -0.107. The first-order valence-electron chi connectivity index (χ1n) is 8.17. The Labute approximate surface area is 120 Å². The number of carbonyl (C=O) groups excluding carboxylic acids is 1. The summed E-state index contributed by atoms with van der Waals surface area (Å²) in [4.78, 5) is 10.1. The first-order chi connectivity index (χ1) is 9.41. The maximum absolute atomic E-state index is 10.1. The Hall–Kier alpha value is -0.850. The summed E-state index contributed by atoms with van der Waals surface area (Å²) < 4.78 is 0. The van der Waals surface area contributed by atoms with Gasteiger partial charge in [-0.3, -0.25) is 0 Å². The van der Waals surface area contributed by atoms with Crippen molar-refractivity contribution in [1.29, 1.82) is 0 Å². The van der Waals surface area contributed by atoms with Crippen LogP contribution in [-0.2, 0) is 4.79 Å². The third-order valence-corrected chi connectivity index (χ3v) is 3.31. The van der Waals surface area contributed by atoms with Crippen LogP contribution < -0.4 is 0 Å². The van der Waals surface area contributed by atoms with Crippen LogP contribution in [0.4, 0.5) is 0 Å². The van der Waals surface area contributed by atoms with E-state index in [1.54, 1.807) is 0 Å². The molecule has 0 aliphatic rings. The number of hydrogen-bond donors (Lipinski definition) is 0. The lowest BCUT2D eigenvalue weighted by Crippen LogP contribution is -1.82. The van der Waals surface area contributed by atoms with Crippen molar-refractivity contribution in [3.8, 4) is 0 Å². The number of carbonyl (C=O) groups is 1. The summed E-state index contributed by atoms with van der Waals surface area (Å²) in [6, 6.07) is 0. The summed E-state index contributed by atoms with van der Waals surface area (Å²) in [5.74, 6) is 0. The molecule has 0 aromatic heterocycles. The first-order valence-corrected chi connectivity index (χ1v) is 8.17. The fourth-order valence-electron chi connectivity index (χ4n) is 2.12. The molecule has 0 saturated heterocycles. The van der Waals surface area contributed by atoms with Crippen LogP contribution in [0.3, 0.4) is 0 Å². The number of hydrogen-bond acceptors (Lipinski definition) is 1. The highest BCUT2D eigenvalue weighted by molar-refractivity contribution is 5.48. The Balaban J connectivity index is 3.04. The van der Waals surface area contributed by atoms with Gasteiger partial charge in [-0.2, -0.15) is 0 Å². The SMILES string of the molecule is CCC=C/C=C/CCCCCCCCCCCC=O. The average molecular weight is 264 g/mol. The van der Waals surface area contributed by atoms with Crippen molar-refractivity contribution >= 4 is 6.29 Å². The van der Waals surface area contributed by atoms with Crippen LogP contribution in [0.1, 0.15) is 84.0 Å². The summed E-state index contributed by atoms with van der Waals surface area (Å²) in [6.07, 6.45) is 24.7. The molecule has 1 nitrogen and oxygen atoms in total. The molecule has 0 N–H and O–H groups in total. The summed E-state index contributed by atoms with van der Waals surface area (Å²) >= 11 is 0. The Morgan fingerprint density at radius 2 is 1.11 bits per heavy atom. The molecule has 0 fully saturated rings. The molecule has 110 valence electrons. The minimum atomic E-state index is 0.751. The van der Waals surface area contributed by atoms with E-state index >= 15 is 0 Å². The Kier molecular flexibility index (Phi) is 16.4. The van der Waals surface area contributed by atoms with E-state index in [1.165, 1.54) is 57.8 Å². The van der Waals surface area contributed by atoms with Gasteiger partial charge in [0.05, 0.1) is 0 Å². The van der Waals surface area contributed by atoms with Gasteiger partial charge in [-0.1, -0.05) is 76.2 Å². The van der Waals surface area contributed by atoms with Crippen LogP contribution in [0.15, 0.2) is 24.3 Å². The zero-order valence-electron chi connectivity index (χ0n) is 12.8. The molecule has 0 heterocycles. The minimum Gasteiger partial charge on any atom is -0.303 e. The summed E-state index contributed by atoms with van der Waals surface area (Å²) in [5.41, 5.74) is 0. The highest BCUT2D eigenvalue weighted by Gasteiger charge is 1.92. The highest BCUT2D eigenvalue weighted by Crippen LogP contribution is 2.11. The molecule has 0 atom stereocenters. The van der Waals surface area contributed by atoms with Gasteiger partial charge in [-0.05, 0) is 25.7 Å². The quantitative estimate of drug-likeness (QED) is 0.214. The third kappa shape index (κ3) is 17.1. The molecule has 1 heteroatoms. The Morgan fingerprint density at radius 1 is 0.632 bits per heavy atom. The molecular formula is C18H32O. The Morgan fingerprint density at radius 3 is 1.63 bits per heavy atom. The predicted octanol–water partition coefficient (Wildman–Crippen LogP) is 6.00. The number of rotatable bonds is 14. The lowest BCUT2D eigenvalue weighted by Gasteiger charge is -2.00. The molecule has 0 rings (SSSR count). The molecule has 0 aromatic carbocycles. The third-order valence-electron chi connectivity index (χ3n) is 3.31. The van der Waals surface area contributed by atoms with Gasteiger partial charge in [-0.25, -0.2) is 0 Å². The van der Waals surface area contributed by atoms with E-state index in [0.717, 1.165) is 25.5 Å². The summed E-state index contributed by atoms with van der Waals surface area (Å²) in [5, 5.41) is 0. The molecule has 0 aliphatic carbocycles. The van der Waals surface area contributed by atoms with E-state index in [4.69, 9.17) is 0 Å². The maximum Gasteiger partial charge on any atom is 0.119 e. The fourth-order valence-corrected chi connectivity index (χ4v) is 2.12. The molecule has 0 aliphatic heterocycles. The second-order valence-electron chi connectivity index (χ2n) is 5.19. The molecule has 0 aromatic rings. The van der Waals surface area contributed by atoms with Gasteiger partial charge in [0.25, 0.3) is 0 Å². The van der Waals surface area contributed by atoms with E-state index in [2.05, 4.69) is 31.2 Å². The molecular weight excluding hydrogens is 232 g/mol. The fraction of sp³-hybridized carbons (Fsp3) is 0.722. The minimum absolute atomic E-state index is 0.751. The van der Waals surface area contributed by atoms with E-state index in [-0.39, 0.29) is 0 Å². The van der Waals surface area contributed by atoms with Crippen molar-refractivity contribution in [1.82, 2.24) is 0 Å². The van der Waals surface area contributed by atoms with Crippen molar-refractivity contribution in [3.63, 3.8) is 0 Å². The smallest absolute Gasteiger partial charge is 0.119 e. The van der Waals surface area contributed by atoms with Crippen molar-refractivity contribution in [3.05, 3.63) is 24.3 Å². The summed E-state index contributed by atoms with van der Waals surface area (Å²) in [6.45, 7) is 2.16. The van der Waals surface area contributed by atoms with Gasteiger partial charge in [0.1, 0.15) is 6.29 Å². The van der Waals surface area contributed by atoms with E-state index in [0.29, 0.717) is 0 Å². The largest absolute Gasteiger partial charge is 0.303 e. The van der Waals surface area contributed by atoms with Crippen LogP contribution in [0, 0.1) is 0 Å². The van der Waals surface area contributed by atoms with E-state index in [1.807, 2.05) is 0 Å². The standard InChI is InChI=1S/C18H32O/c1-2-3-4-5-6-7-8-9-10-11-12-13-14-15-16-17-18-19/h3-6,18H,2,7-17H2,1H3/b4-3?,6-5+. The van der Waals surface area contributed by atoms with Gasteiger partial charge < -0.3 is 4.79 Å². The number of aldehydes is 1. The predicted molar refractivity (Wildman–Crippen MR) is 85.4 cm³/mol. The van der Waals surface area contributed by atoms with Gasteiger partial charge in [0, 0.05) is 6.42 Å². The molecule has 0 bridgehead atoms. The van der Waals surface area contributed by atoms with Crippen LogP contribution in [-0.4, -0.2) is 6.29 Å². The molecule has 0 unspecified atom stereocenters. The molecule has 19 heavy (non-hydrogen) atoms. The average Bonchev–Trinajstić information content (AvgIpc) is 2.43. The summed E-state index contributed by atoms with van der Waals surface area (Å²) in [7, 11) is 0. The topological polar surface area (TPSA) is 17.1 Å². The van der Waals surface area contributed by atoms with Crippen LogP contribution in [0.5, 0.6) is 0 Å². The van der Waals surface area contributed by atoms with Crippen LogP contribution >= 0.6 is 0 Å². The zero-order chi connectivity index (χ0) is 14.0. The van der Waals surface area contributed by atoms with Gasteiger partial charge in [0.15, 0.2) is 0 Å². The zero-order valence-corrected chi connectivity index (χ0v) is 12.8. The van der Waals surface area contributed by atoms with Gasteiger partial charge >= 0.3 is 0 Å². The van der Waals surface area contributed by atoms with Gasteiger partial charge in [-0.15, -0.1) is 0 Å². The monoisotopic (exact) mass is 264 g/mol. The highest BCUT2D eigenvalue weighted by atomic mass is 16.1. The van der Waals surface area contributed by atoms with E-state index in [9.17, 15) is 4.79 Å². The Bertz CT molecular complexity index is 228. The molecule has 0 spiro atoms. The molecule has 0 amide bonds. The first kappa shape index (κ1) is 18.1. The second-order valence-corrected chi connectivity index (χ2v) is 5.19. The van der Waals surface area contributed by atoms with E-state index < -0.39 is 0 Å². The lowest BCUT2D eigenvalue weighted by atomic mass is 10.1. The van der Waals surface area contributed by atoms with Crippen LogP contribution in [0.2, 0.25) is 0 Å². The molecule has 0 radical (unpaired) electrons. The molecule has 0 saturated carbocycles. The van der Waals surface area contributed by atoms with Crippen LogP contribution in [0.25, 0.3) is 0 Å². The number of unbranched alkanes of at least 4 members (excludes halogenated alkanes) is 10. The second kappa shape index (κ2) is 17.2. The number of allylic oxidation sites excluding steroid dienone is 4.